The number of anilines is 1. The van der Waals surface area contributed by atoms with Crippen LogP contribution in [0.2, 0.25) is 0 Å². The molecule has 1 aliphatic heterocycles. The van der Waals surface area contributed by atoms with Crippen LogP contribution < -0.4 is 14.4 Å². The van der Waals surface area contributed by atoms with Crippen molar-refractivity contribution in [3.63, 3.8) is 0 Å². The van der Waals surface area contributed by atoms with Crippen LogP contribution in [-0.2, 0) is 0 Å². The van der Waals surface area contributed by atoms with Crippen LogP contribution >= 0.6 is 0 Å². The van der Waals surface area contributed by atoms with E-state index in [2.05, 4.69) is 29.8 Å². The third kappa shape index (κ3) is 3.46. The van der Waals surface area contributed by atoms with Crippen molar-refractivity contribution in [2.24, 2.45) is 0 Å². The van der Waals surface area contributed by atoms with Gasteiger partial charge in [-0.15, -0.1) is 4.98 Å². The molecule has 2 aromatic heterocycles. The molecule has 1 aliphatic rings. The van der Waals surface area contributed by atoms with Gasteiger partial charge in [0.15, 0.2) is 0 Å². The summed E-state index contributed by atoms with van der Waals surface area (Å²) in [5.74, 6) is 0.879. The van der Waals surface area contributed by atoms with Gasteiger partial charge >= 0.3 is 12.0 Å². The summed E-state index contributed by atoms with van der Waals surface area (Å²) >= 11 is 0. The Kier molecular flexibility index (Phi) is 4.50. The number of piperidine rings is 1. The first-order valence-electron chi connectivity index (χ1n) is 7.57. The van der Waals surface area contributed by atoms with Gasteiger partial charge in [0.2, 0.25) is 5.95 Å². The fourth-order valence-corrected chi connectivity index (χ4v) is 2.73. The Balaban J connectivity index is 1.83. The molecule has 0 saturated carbocycles. The highest BCUT2D eigenvalue weighted by atomic mass is 16.5. The summed E-state index contributed by atoms with van der Waals surface area (Å²) in [6.45, 7) is 3.62. The summed E-state index contributed by atoms with van der Waals surface area (Å²) in [5.41, 5.74) is 1.95. The second-order valence-electron chi connectivity index (χ2n) is 5.48. The maximum atomic E-state index is 5.12. The Morgan fingerprint density at radius 2 is 1.78 bits per heavy atom. The zero-order chi connectivity index (χ0) is 16.2. The highest BCUT2D eigenvalue weighted by molar-refractivity contribution is 5.34. The van der Waals surface area contributed by atoms with E-state index in [0.29, 0.717) is 11.9 Å². The molecule has 0 aromatic carbocycles. The maximum Gasteiger partial charge on any atom is 0.324 e. The summed E-state index contributed by atoms with van der Waals surface area (Å²) in [6.07, 6.45) is 5.73. The quantitative estimate of drug-likeness (QED) is 0.836. The van der Waals surface area contributed by atoms with Gasteiger partial charge in [-0.05, 0) is 19.8 Å². The van der Waals surface area contributed by atoms with E-state index in [4.69, 9.17) is 9.47 Å². The van der Waals surface area contributed by atoms with Gasteiger partial charge in [0.1, 0.15) is 0 Å². The molecule has 0 unspecified atom stereocenters. The minimum absolute atomic E-state index is 0.254. The Hall–Kier alpha value is -2.51. The molecule has 122 valence electrons. The van der Waals surface area contributed by atoms with E-state index >= 15 is 0 Å². The summed E-state index contributed by atoms with van der Waals surface area (Å²) in [7, 11) is 3.06. The number of rotatable bonds is 4. The van der Waals surface area contributed by atoms with Crippen LogP contribution in [0.1, 0.15) is 30.1 Å². The van der Waals surface area contributed by atoms with Gasteiger partial charge in [-0.1, -0.05) is 0 Å². The average molecular weight is 316 g/mol. The molecule has 3 heterocycles. The molecule has 8 nitrogen and oxygen atoms in total. The molecule has 0 amide bonds. The fraction of sp³-hybridized carbons (Fsp3) is 0.533. The van der Waals surface area contributed by atoms with Gasteiger partial charge in [0.25, 0.3) is 0 Å². The van der Waals surface area contributed by atoms with E-state index in [-0.39, 0.29) is 12.0 Å². The van der Waals surface area contributed by atoms with Crippen LogP contribution in [0.15, 0.2) is 12.4 Å². The molecule has 1 fully saturated rings. The minimum atomic E-state index is 0.254. The molecule has 0 aliphatic carbocycles. The smallest absolute Gasteiger partial charge is 0.324 e. The van der Waals surface area contributed by atoms with Crippen LogP contribution in [-0.4, -0.2) is 52.2 Å². The number of aryl methyl sites for hydroxylation is 1. The lowest BCUT2D eigenvalue weighted by molar-refractivity contribution is 0.338. The highest BCUT2D eigenvalue weighted by Crippen LogP contribution is 2.28. The van der Waals surface area contributed by atoms with Crippen LogP contribution in [0.3, 0.4) is 0 Å². The number of methoxy groups -OCH3 is 2. The van der Waals surface area contributed by atoms with Gasteiger partial charge in [0, 0.05) is 31.4 Å². The Labute approximate surface area is 134 Å². The molecular weight excluding hydrogens is 296 g/mol. The predicted molar refractivity (Wildman–Crippen MR) is 83.9 cm³/mol. The Morgan fingerprint density at radius 3 is 2.43 bits per heavy atom. The lowest BCUT2D eigenvalue weighted by Crippen LogP contribution is -2.36. The average Bonchev–Trinajstić information content (AvgIpc) is 2.61. The zero-order valence-electron chi connectivity index (χ0n) is 13.6. The summed E-state index contributed by atoms with van der Waals surface area (Å²) < 4.78 is 10.2. The second-order valence-corrected chi connectivity index (χ2v) is 5.48. The molecule has 3 rings (SSSR count). The van der Waals surface area contributed by atoms with Crippen molar-refractivity contribution in [1.29, 1.82) is 0 Å². The highest BCUT2D eigenvalue weighted by Gasteiger charge is 2.25. The first-order valence-corrected chi connectivity index (χ1v) is 7.57. The molecule has 0 bridgehead atoms. The van der Waals surface area contributed by atoms with Crippen molar-refractivity contribution in [2.45, 2.75) is 25.7 Å². The molecule has 1 atom stereocenters. The second kappa shape index (κ2) is 6.72. The first-order chi connectivity index (χ1) is 11.2. The van der Waals surface area contributed by atoms with E-state index in [9.17, 15) is 0 Å². The first kappa shape index (κ1) is 15.4. The molecule has 0 spiro atoms. The molecule has 1 saturated heterocycles. The Morgan fingerprint density at radius 1 is 1.04 bits per heavy atom. The van der Waals surface area contributed by atoms with E-state index in [1.165, 1.54) is 14.2 Å². The van der Waals surface area contributed by atoms with Crippen molar-refractivity contribution >= 4 is 5.95 Å². The molecular formula is C15H20N6O2. The lowest BCUT2D eigenvalue weighted by Gasteiger charge is -2.32. The van der Waals surface area contributed by atoms with Gasteiger partial charge in [-0.3, -0.25) is 9.97 Å². The maximum absolute atomic E-state index is 5.12. The SMILES string of the molecule is COc1nc(OC)nc(N2CCC[C@H](c3cncc(C)n3)C2)n1. The molecule has 2 aromatic rings. The van der Waals surface area contributed by atoms with Gasteiger partial charge in [-0.25, -0.2) is 0 Å². The normalized spacial score (nSPS) is 17.9. The molecule has 8 heteroatoms. The third-order valence-corrected chi connectivity index (χ3v) is 3.84. The lowest BCUT2D eigenvalue weighted by atomic mass is 9.95. The third-order valence-electron chi connectivity index (χ3n) is 3.84. The number of aromatic nitrogens is 5. The largest absolute Gasteiger partial charge is 0.467 e. The van der Waals surface area contributed by atoms with Crippen molar-refractivity contribution in [3.05, 3.63) is 23.8 Å². The summed E-state index contributed by atoms with van der Waals surface area (Å²) in [4.78, 5) is 23.7. The van der Waals surface area contributed by atoms with Gasteiger partial charge in [-0.2, -0.15) is 9.97 Å². The van der Waals surface area contributed by atoms with E-state index in [0.717, 1.165) is 37.3 Å². The summed E-state index contributed by atoms with van der Waals surface area (Å²) in [5, 5.41) is 0. The number of hydrogen-bond acceptors (Lipinski definition) is 8. The monoisotopic (exact) mass is 316 g/mol. The zero-order valence-corrected chi connectivity index (χ0v) is 13.6. The van der Waals surface area contributed by atoms with Crippen LogP contribution in [0.5, 0.6) is 12.0 Å². The van der Waals surface area contributed by atoms with E-state index in [1.807, 2.05) is 13.1 Å². The van der Waals surface area contributed by atoms with Crippen molar-refractivity contribution in [2.75, 3.05) is 32.2 Å². The van der Waals surface area contributed by atoms with E-state index in [1.54, 1.807) is 6.20 Å². The number of hydrogen-bond donors (Lipinski definition) is 0. The number of nitrogens with zero attached hydrogens (tertiary/aromatic N) is 6. The van der Waals surface area contributed by atoms with Crippen molar-refractivity contribution < 1.29 is 9.47 Å². The Bertz CT molecular complexity index is 659. The van der Waals surface area contributed by atoms with E-state index < -0.39 is 0 Å². The fourth-order valence-electron chi connectivity index (χ4n) is 2.73. The van der Waals surface area contributed by atoms with Crippen LogP contribution in [0, 0.1) is 6.92 Å². The molecule has 23 heavy (non-hydrogen) atoms. The minimum Gasteiger partial charge on any atom is -0.467 e. The van der Waals surface area contributed by atoms with Crippen LogP contribution in [0.4, 0.5) is 5.95 Å². The molecule has 0 N–H and O–H groups in total. The van der Waals surface area contributed by atoms with Gasteiger partial charge < -0.3 is 14.4 Å². The number of ether oxygens (including phenoxy) is 2. The van der Waals surface area contributed by atoms with Crippen molar-refractivity contribution in [1.82, 2.24) is 24.9 Å². The predicted octanol–water partition coefficient (Wildman–Crippen LogP) is 1.37. The molecule has 0 radical (unpaired) electrons. The summed E-state index contributed by atoms with van der Waals surface area (Å²) in [6, 6.07) is 0.508. The van der Waals surface area contributed by atoms with Gasteiger partial charge in [0.05, 0.1) is 25.6 Å². The van der Waals surface area contributed by atoms with Crippen LogP contribution in [0.25, 0.3) is 0 Å². The standard InChI is InChI=1S/C15H20N6O2/c1-10-7-16-8-12(17-10)11-5-4-6-21(9-11)13-18-14(22-2)20-15(19-13)23-3/h7-8,11H,4-6,9H2,1-3H3/t11-/m0/s1. The van der Waals surface area contributed by atoms with Crippen molar-refractivity contribution in [3.8, 4) is 12.0 Å². The topological polar surface area (TPSA) is 86.2 Å².